The minimum Gasteiger partial charge on any atom is -0.497 e. The van der Waals surface area contributed by atoms with E-state index in [0.717, 1.165) is 25.1 Å². The molecule has 1 aliphatic heterocycles. The van der Waals surface area contributed by atoms with Gasteiger partial charge in [-0.25, -0.2) is 4.39 Å². The van der Waals surface area contributed by atoms with Gasteiger partial charge in [-0.15, -0.1) is 0 Å². The molecule has 2 fully saturated rings. The number of benzene rings is 1. The molecule has 1 N–H and O–H groups in total. The number of hydrogen-bond donors (Lipinski definition) is 1. The van der Waals surface area contributed by atoms with Crippen molar-refractivity contribution in [2.24, 2.45) is 5.92 Å². The topological polar surface area (TPSA) is 69.4 Å². The minimum atomic E-state index is -0.238. The maximum atomic E-state index is 13.9. The molecule has 6 nitrogen and oxygen atoms in total. The first-order chi connectivity index (χ1) is 12.2. The average molecular weight is 347 g/mol. The van der Waals surface area contributed by atoms with Crippen LogP contribution in [0.5, 0.6) is 5.75 Å². The zero-order chi connectivity index (χ0) is 17.2. The van der Waals surface area contributed by atoms with Gasteiger partial charge in [0.1, 0.15) is 17.7 Å². The molecule has 4 rings (SSSR count). The molecule has 0 radical (unpaired) electrons. The van der Waals surface area contributed by atoms with Gasteiger partial charge in [0, 0.05) is 37.1 Å². The molecule has 1 aliphatic carbocycles. The molecule has 2 atom stereocenters. The van der Waals surface area contributed by atoms with E-state index >= 15 is 0 Å². The van der Waals surface area contributed by atoms with Crippen molar-refractivity contribution < 1.29 is 18.4 Å². The number of ether oxygens (including phenoxy) is 2. The first-order valence-electron chi connectivity index (χ1n) is 8.73. The summed E-state index contributed by atoms with van der Waals surface area (Å²) in [5.74, 6) is 2.49. The van der Waals surface area contributed by atoms with Gasteiger partial charge in [-0.3, -0.25) is 0 Å². The Bertz CT molecular complexity index is 732. The Hall–Kier alpha value is -1.99. The summed E-state index contributed by atoms with van der Waals surface area (Å²) in [7, 11) is 1.57. The fourth-order valence-electron chi connectivity index (χ4n) is 3.19. The molecule has 2 aliphatic rings. The van der Waals surface area contributed by atoms with E-state index in [1.807, 2.05) is 0 Å². The molecule has 1 aromatic heterocycles. The van der Waals surface area contributed by atoms with Crippen molar-refractivity contribution in [2.45, 2.75) is 37.8 Å². The Morgan fingerprint density at radius 3 is 3.00 bits per heavy atom. The molecule has 0 amide bonds. The van der Waals surface area contributed by atoms with Crippen LogP contribution in [0.1, 0.15) is 48.6 Å². The van der Waals surface area contributed by atoms with Crippen molar-refractivity contribution in [3.8, 4) is 5.75 Å². The zero-order valence-electron chi connectivity index (χ0n) is 14.2. The molecule has 0 bridgehead atoms. The maximum absolute atomic E-state index is 13.9. The van der Waals surface area contributed by atoms with Crippen LogP contribution in [0.2, 0.25) is 0 Å². The Morgan fingerprint density at radius 2 is 2.20 bits per heavy atom. The predicted octanol–water partition coefficient (Wildman–Crippen LogP) is 2.96. The quantitative estimate of drug-likeness (QED) is 0.830. The van der Waals surface area contributed by atoms with Crippen LogP contribution in [0.15, 0.2) is 22.7 Å². The van der Waals surface area contributed by atoms with Crippen molar-refractivity contribution >= 4 is 0 Å². The third-order valence-corrected chi connectivity index (χ3v) is 4.83. The van der Waals surface area contributed by atoms with E-state index in [-0.39, 0.29) is 17.8 Å². The zero-order valence-corrected chi connectivity index (χ0v) is 14.2. The summed E-state index contributed by atoms with van der Waals surface area (Å²) in [6.07, 6.45) is 3.02. The number of methoxy groups -OCH3 is 1. The predicted molar refractivity (Wildman–Crippen MR) is 87.7 cm³/mol. The normalized spacial score (nSPS) is 23.1. The van der Waals surface area contributed by atoms with Gasteiger partial charge in [-0.05, 0) is 37.5 Å². The molecule has 2 aromatic rings. The van der Waals surface area contributed by atoms with Crippen LogP contribution in [-0.4, -0.2) is 30.4 Å². The molecule has 134 valence electrons. The Labute approximate surface area is 145 Å². The first kappa shape index (κ1) is 16.5. The number of nitrogens with one attached hydrogen (secondary N) is 1. The molecule has 2 heterocycles. The monoisotopic (exact) mass is 347 g/mol. The lowest BCUT2D eigenvalue weighted by Gasteiger charge is -2.16. The van der Waals surface area contributed by atoms with E-state index in [1.165, 1.54) is 6.07 Å². The van der Waals surface area contributed by atoms with Crippen LogP contribution in [0.4, 0.5) is 4.39 Å². The summed E-state index contributed by atoms with van der Waals surface area (Å²) < 4.78 is 30.2. The van der Waals surface area contributed by atoms with Crippen LogP contribution >= 0.6 is 0 Å². The minimum absolute atomic E-state index is 0.178. The van der Waals surface area contributed by atoms with Gasteiger partial charge in [0.15, 0.2) is 5.82 Å². The van der Waals surface area contributed by atoms with Crippen molar-refractivity contribution in [1.82, 2.24) is 15.5 Å². The molecular formula is C18H22FN3O3. The lowest BCUT2D eigenvalue weighted by molar-refractivity contribution is 0.0623. The molecule has 0 spiro atoms. The fourth-order valence-corrected chi connectivity index (χ4v) is 3.19. The largest absolute Gasteiger partial charge is 0.497 e. The van der Waals surface area contributed by atoms with Crippen LogP contribution in [0, 0.1) is 11.7 Å². The van der Waals surface area contributed by atoms with Crippen molar-refractivity contribution in [3.63, 3.8) is 0 Å². The second-order valence-corrected chi connectivity index (χ2v) is 6.69. The summed E-state index contributed by atoms with van der Waals surface area (Å²) in [6, 6.07) is 4.76. The standard InChI is InChI=1S/C18H22FN3O3/c1-23-14-4-5-15(19)13(8-14)10-20-9-12-6-7-24-16(12)18-21-17(22-25-18)11-2-3-11/h4-5,8,11-12,16,20H,2-3,6-7,9-10H2,1H3/t12-,16-/m0/s1. The molecule has 7 heteroatoms. The van der Waals surface area contributed by atoms with Crippen molar-refractivity contribution in [3.05, 3.63) is 41.3 Å². The van der Waals surface area contributed by atoms with E-state index in [2.05, 4.69) is 15.5 Å². The molecule has 0 unspecified atom stereocenters. The van der Waals surface area contributed by atoms with E-state index in [9.17, 15) is 4.39 Å². The smallest absolute Gasteiger partial charge is 0.256 e. The highest BCUT2D eigenvalue weighted by Gasteiger charge is 2.36. The highest BCUT2D eigenvalue weighted by Crippen LogP contribution is 2.40. The Morgan fingerprint density at radius 1 is 1.32 bits per heavy atom. The van der Waals surface area contributed by atoms with Gasteiger partial charge in [-0.2, -0.15) is 4.98 Å². The Balaban J connectivity index is 1.35. The Kier molecular flexibility index (Phi) is 4.67. The number of nitrogens with zero attached hydrogens (tertiary/aromatic N) is 2. The molecule has 1 aromatic carbocycles. The van der Waals surface area contributed by atoms with Crippen LogP contribution in [0.3, 0.4) is 0 Å². The third kappa shape index (κ3) is 3.67. The summed E-state index contributed by atoms with van der Waals surface area (Å²) in [4.78, 5) is 4.50. The molecule has 1 saturated heterocycles. The maximum Gasteiger partial charge on any atom is 0.256 e. The highest BCUT2D eigenvalue weighted by molar-refractivity contribution is 5.29. The van der Waals surface area contributed by atoms with Crippen molar-refractivity contribution in [2.75, 3.05) is 20.3 Å². The second kappa shape index (κ2) is 7.09. The molecule has 25 heavy (non-hydrogen) atoms. The molecular weight excluding hydrogens is 325 g/mol. The van der Waals surface area contributed by atoms with Gasteiger partial charge < -0.3 is 19.3 Å². The number of hydrogen-bond acceptors (Lipinski definition) is 6. The van der Waals surface area contributed by atoms with Gasteiger partial charge in [0.2, 0.25) is 0 Å². The van der Waals surface area contributed by atoms with Gasteiger partial charge in [-0.1, -0.05) is 5.16 Å². The summed E-state index contributed by atoms with van der Waals surface area (Å²) in [6.45, 7) is 1.80. The lowest BCUT2D eigenvalue weighted by atomic mass is 10.0. The third-order valence-electron chi connectivity index (χ3n) is 4.83. The van der Waals surface area contributed by atoms with Gasteiger partial charge in [0.25, 0.3) is 5.89 Å². The van der Waals surface area contributed by atoms with Crippen molar-refractivity contribution in [1.29, 1.82) is 0 Å². The lowest BCUT2D eigenvalue weighted by Crippen LogP contribution is -2.25. The van der Waals surface area contributed by atoms with E-state index in [1.54, 1.807) is 19.2 Å². The van der Waals surface area contributed by atoms with E-state index in [0.29, 0.717) is 42.8 Å². The van der Waals surface area contributed by atoms with E-state index < -0.39 is 0 Å². The molecule has 1 saturated carbocycles. The number of rotatable bonds is 7. The SMILES string of the molecule is COc1ccc(F)c(CNC[C@@H]2CCO[C@@H]2c2nc(C3CC3)no2)c1. The van der Waals surface area contributed by atoms with Gasteiger partial charge >= 0.3 is 0 Å². The summed E-state index contributed by atoms with van der Waals surface area (Å²) in [5, 5.41) is 7.38. The number of halogens is 1. The van der Waals surface area contributed by atoms with Crippen LogP contribution < -0.4 is 10.1 Å². The summed E-state index contributed by atoms with van der Waals surface area (Å²) in [5.41, 5.74) is 0.587. The van der Waals surface area contributed by atoms with E-state index in [4.69, 9.17) is 14.0 Å². The van der Waals surface area contributed by atoms with Crippen LogP contribution in [0.25, 0.3) is 0 Å². The first-order valence-corrected chi connectivity index (χ1v) is 8.73. The van der Waals surface area contributed by atoms with Crippen LogP contribution in [-0.2, 0) is 11.3 Å². The van der Waals surface area contributed by atoms with Gasteiger partial charge in [0.05, 0.1) is 7.11 Å². The highest BCUT2D eigenvalue weighted by atomic mass is 19.1. The fraction of sp³-hybridized carbons (Fsp3) is 0.556. The average Bonchev–Trinajstić information content (AvgIpc) is 3.17. The summed E-state index contributed by atoms with van der Waals surface area (Å²) >= 11 is 0. The number of aromatic nitrogens is 2. The second-order valence-electron chi connectivity index (χ2n) is 6.69.